The fourth-order valence-electron chi connectivity index (χ4n) is 3.54. The maximum atomic E-state index is 12.7. The molecule has 2 aromatic heterocycles. The summed E-state index contributed by atoms with van der Waals surface area (Å²) in [5.41, 5.74) is 0.392. The molecule has 1 amide bonds. The van der Waals surface area contributed by atoms with Crippen LogP contribution in [0.25, 0.3) is 0 Å². The lowest BCUT2D eigenvalue weighted by atomic mass is 10.2. The largest absolute Gasteiger partial charge is 0.447 e. The minimum absolute atomic E-state index is 0.0621. The molecule has 2 aliphatic heterocycles. The number of hydrogen-bond donors (Lipinski definition) is 0. The highest BCUT2D eigenvalue weighted by Gasteiger charge is 2.27. The van der Waals surface area contributed by atoms with Crippen LogP contribution in [0.2, 0.25) is 0 Å². The minimum Gasteiger partial charge on any atom is -0.447 e. The second-order valence-electron chi connectivity index (χ2n) is 6.80. The van der Waals surface area contributed by atoms with Crippen LogP contribution < -0.4 is 4.90 Å². The highest BCUT2D eigenvalue weighted by molar-refractivity contribution is 5.92. The van der Waals surface area contributed by atoms with Crippen molar-refractivity contribution in [1.82, 2.24) is 24.8 Å². The third-order valence-electron chi connectivity index (χ3n) is 5.08. The molecule has 1 atom stereocenters. The average molecular weight is 368 g/mol. The van der Waals surface area contributed by atoms with Crippen LogP contribution in [-0.2, 0) is 6.54 Å². The summed E-state index contributed by atoms with van der Waals surface area (Å²) in [7, 11) is 0. The van der Waals surface area contributed by atoms with E-state index in [2.05, 4.69) is 37.8 Å². The van der Waals surface area contributed by atoms with Gasteiger partial charge < -0.3 is 14.2 Å². The van der Waals surface area contributed by atoms with E-state index in [9.17, 15) is 4.79 Å². The molecule has 142 valence electrons. The van der Waals surface area contributed by atoms with E-state index in [4.69, 9.17) is 4.42 Å². The summed E-state index contributed by atoms with van der Waals surface area (Å²) < 4.78 is 5.57. The smallest absolute Gasteiger partial charge is 0.276 e. The highest BCUT2D eigenvalue weighted by atomic mass is 16.3. The summed E-state index contributed by atoms with van der Waals surface area (Å²) in [6.45, 7) is 6.78. The number of nitrogens with zero attached hydrogens (tertiary/aromatic N) is 6. The molecule has 1 fully saturated rings. The summed E-state index contributed by atoms with van der Waals surface area (Å²) in [5.74, 6) is 1.29. The lowest BCUT2D eigenvalue weighted by Gasteiger charge is -2.33. The maximum absolute atomic E-state index is 12.7. The van der Waals surface area contributed by atoms with Crippen molar-refractivity contribution in [2.75, 3.05) is 37.6 Å². The number of anilines is 1. The first kappa shape index (κ1) is 17.7. The van der Waals surface area contributed by atoms with Gasteiger partial charge in [-0.25, -0.2) is 15.0 Å². The zero-order valence-electron chi connectivity index (χ0n) is 15.5. The van der Waals surface area contributed by atoms with Crippen molar-refractivity contribution in [3.05, 3.63) is 48.5 Å². The van der Waals surface area contributed by atoms with Gasteiger partial charge in [0.1, 0.15) is 6.26 Å². The second kappa shape index (κ2) is 7.87. The van der Waals surface area contributed by atoms with Crippen LogP contribution in [-0.4, -0.2) is 69.4 Å². The van der Waals surface area contributed by atoms with Crippen LogP contribution in [0.5, 0.6) is 0 Å². The molecule has 8 heteroatoms. The molecule has 0 bridgehead atoms. The number of rotatable bonds is 5. The Morgan fingerprint density at radius 3 is 2.74 bits per heavy atom. The Morgan fingerprint density at radius 1 is 1.22 bits per heavy atom. The van der Waals surface area contributed by atoms with Gasteiger partial charge in [-0.1, -0.05) is 19.1 Å². The van der Waals surface area contributed by atoms with Gasteiger partial charge in [-0.3, -0.25) is 9.69 Å². The van der Waals surface area contributed by atoms with Gasteiger partial charge in [0.25, 0.3) is 5.91 Å². The standard InChI is InChI=1S/C19H24N6O2/c1-2-15-5-3-8-25(15)18(26)16-14-27-17(22-16)13-23-9-11-24(12-10-23)19-20-6-4-7-21-19/h3-7,14-15H,2,8-13H2,1H3. The predicted octanol–water partition coefficient (Wildman–Crippen LogP) is 1.58. The van der Waals surface area contributed by atoms with Gasteiger partial charge in [-0.2, -0.15) is 0 Å². The van der Waals surface area contributed by atoms with E-state index in [1.165, 1.54) is 6.26 Å². The normalized spacial score (nSPS) is 20.4. The third kappa shape index (κ3) is 3.85. The van der Waals surface area contributed by atoms with Gasteiger partial charge in [-0.05, 0) is 12.5 Å². The number of aromatic nitrogens is 3. The molecule has 27 heavy (non-hydrogen) atoms. The molecule has 4 rings (SSSR count). The molecular weight excluding hydrogens is 344 g/mol. The molecule has 2 aliphatic rings. The van der Waals surface area contributed by atoms with Gasteiger partial charge in [-0.15, -0.1) is 0 Å². The van der Waals surface area contributed by atoms with Gasteiger partial charge in [0.15, 0.2) is 5.69 Å². The number of carbonyl (C=O) groups is 1. The molecular formula is C19H24N6O2. The molecule has 2 aromatic rings. The van der Waals surface area contributed by atoms with Gasteiger partial charge in [0.05, 0.1) is 12.6 Å². The molecule has 0 aliphatic carbocycles. The number of oxazole rings is 1. The summed E-state index contributed by atoms with van der Waals surface area (Å²) in [4.78, 5) is 32.0. The van der Waals surface area contributed by atoms with E-state index in [-0.39, 0.29) is 11.9 Å². The average Bonchev–Trinajstić information content (AvgIpc) is 3.38. The van der Waals surface area contributed by atoms with Crippen LogP contribution in [0, 0.1) is 0 Å². The molecule has 0 N–H and O–H groups in total. The first-order valence-corrected chi connectivity index (χ1v) is 9.41. The Labute approximate surface area is 158 Å². The first-order valence-electron chi connectivity index (χ1n) is 9.41. The molecule has 8 nitrogen and oxygen atoms in total. The Kier molecular flexibility index (Phi) is 5.15. The van der Waals surface area contributed by atoms with E-state index in [1.54, 1.807) is 12.4 Å². The monoisotopic (exact) mass is 368 g/mol. The fraction of sp³-hybridized carbons (Fsp3) is 0.474. The van der Waals surface area contributed by atoms with Crippen LogP contribution in [0.4, 0.5) is 5.95 Å². The molecule has 4 heterocycles. The van der Waals surface area contributed by atoms with E-state index >= 15 is 0 Å². The number of hydrogen-bond acceptors (Lipinski definition) is 7. The van der Waals surface area contributed by atoms with Gasteiger partial charge in [0, 0.05) is 45.1 Å². The van der Waals surface area contributed by atoms with Crippen LogP contribution >= 0.6 is 0 Å². The van der Waals surface area contributed by atoms with Crippen molar-refractivity contribution in [2.45, 2.75) is 25.9 Å². The Balaban J connectivity index is 1.32. The summed E-state index contributed by atoms with van der Waals surface area (Å²) in [6, 6.07) is 1.98. The second-order valence-corrected chi connectivity index (χ2v) is 6.80. The third-order valence-corrected chi connectivity index (χ3v) is 5.08. The van der Waals surface area contributed by atoms with E-state index in [0.29, 0.717) is 24.7 Å². The lowest BCUT2D eigenvalue weighted by Crippen LogP contribution is -2.46. The molecule has 0 aromatic carbocycles. The Morgan fingerprint density at radius 2 is 2.00 bits per heavy atom. The zero-order valence-corrected chi connectivity index (χ0v) is 15.5. The number of amides is 1. The SMILES string of the molecule is CCC1C=CCN1C(=O)c1coc(CN2CCN(c3ncccn3)CC2)n1. The number of piperazine rings is 1. The molecule has 0 radical (unpaired) electrons. The van der Waals surface area contributed by atoms with Crippen molar-refractivity contribution < 1.29 is 9.21 Å². The Hall–Kier alpha value is -2.74. The molecule has 0 saturated carbocycles. The van der Waals surface area contributed by atoms with E-state index < -0.39 is 0 Å². The summed E-state index contributed by atoms with van der Waals surface area (Å²) in [6.07, 6.45) is 10.0. The zero-order chi connectivity index (χ0) is 18.6. The summed E-state index contributed by atoms with van der Waals surface area (Å²) >= 11 is 0. The molecule has 0 spiro atoms. The van der Waals surface area contributed by atoms with E-state index in [1.807, 2.05) is 17.0 Å². The van der Waals surface area contributed by atoms with Crippen molar-refractivity contribution in [3.63, 3.8) is 0 Å². The Bertz CT molecular complexity index is 798. The fourth-order valence-corrected chi connectivity index (χ4v) is 3.54. The lowest BCUT2D eigenvalue weighted by molar-refractivity contribution is 0.0741. The summed E-state index contributed by atoms with van der Waals surface area (Å²) in [5, 5.41) is 0. The first-order chi connectivity index (χ1) is 13.2. The molecule has 1 unspecified atom stereocenters. The van der Waals surface area contributed by atoms with Crippen molar-refractivity contribution in [2.24, 2.45) is 0 Å². The van der Waals surface area contributed by atoms with Crippen LogP contribution in [0.15, 0.2) is 41.3 Å². The molecule has 1 saturated heterocycles. The van der Waals surface area contributed by atoms with Crippen LogP contribution in [0.3, 0.4) is 0 Å². The van der Waals surface area contributed by atoms with Crippen molar-refractivity contribution in [1.29, 1.82) is 0 Å². The predicted molar refractivity (Wildman–Crippen MR) is 100 cm³/mol. The van der Waals surface area contributed by atoms with E-state index in [0.717, 1.165) is 38.5 Å². The number of carbonyl (C=O) groups excluding carboxylic acids is 1. The maximum Gasteiger partial charge on any atom is 0.276 e. The van der Waals surface area contributed by atoms with Crippen molar-refractivity contribution in [3.8, 4) is 0 Å². The van der Waals surface area contributed by atoms with Gasteiger partial charge >= 0.3 is 0 Å². The quantitative estimate of drug-likeness (QED) is 0.741. The minimum atomic E-state index is -0.0621. The van der Waals surface area contributed by atoms with Crippen molar-refractivity contribution >= 4 is 11.9 Å². The topological polar surface area (TPSA) is 78.6 Å². The highest BCUT2D eigenvalue weighted by Crippen LogP contribution is 2.18. The van der Waals surface area contributed by atoms with Crippen LogP contribution in [0.1, 0.15) is 29.7 Å². The van der Waals surface area contributed by atoms with Gasteiger partial charge in [0.2, 0.25) is 11.8 Å².